The summed E-state index contributed by atoms with van der Waals surface area (Å²) < 4.78 is 1.09. The Morgan fingerprint density at radius 2 is 1.63 bits per heavy atom. The molecule has 94 valence electrons. The summed E-state index contributed by atoms with van der Waals surface area (Å²) in [4.78, 5) is 4.76. The van der Waals surface area contributed by atoms with E-state index in [-0.39, 0.29) is 0 Å². The van der Waals surface area contributed by atoms with Crippen LogP contribution in [0.25, 0.3) is 22.2 Å². The summed E-state index contributed by atoms with van der Waals surface area (Å²) in [6.07, 6.45) is 0. The molecule has 1 nitrogen and oxygen atoms in total. The van der Waals surface area contributed by atoms with Crippen LogP contribution in [0.4, 0.5) is 0 Å². The molecule has 2 heteroatoms. The monoisotopic (exact) mass is 311 g/mol. The van der Waals surface area contributed by atoms with Crippen molar-refractivity contribution in [2.45, 2.75) is 13.8 Å². The molecule has 3 rings (SSSR count). The molecule has 0 radical (unpaired) electrons. The second kappa shape index (κ2) is 4.78. The molecule has 1 heterocycles. The van der Waals surface area contributed by atoms with Gasteiger partial charge in [0.05, 0.1) is 11.2 Å². The van der Waals surface area contributed by atoms with Crippen LogP contribution in [-0.2, 0) is 0 Å². The Balaban J connectivity index is 2.20. The van der Waals surface area contributed by atoms with Crippen molar-refractivity contribution >= 4 is 26.8 Å². The molecular formula is C17H14BrN. The van der Waals surface area contributed by atoms with Gasteiger partial charge in [0.15, 0.2) is 0 Å². The molecule has 0 N–H and O–H groups in total. The third-order valence-electron chi connectivity index (χ3n) is 3.20. The quantitative estimate of drug-likeness (QED) is 0.595. The number of rotatable bonds is 1. The van der Waals surface area contributed by atoms with Gasteiger partial charge in [0.1, 0.15) is 0 Å². The summed E-state index contributed by atoms with van der Waals surface area (Å²) in [6, 6.07) is 16.9. The first-order valence-corrected chi connectivity index (χ1v) is 7.07. The van der Waals surface area contributed by atoms with Crippen molar-refractivity contribution in [3.8, 4) is 11.3 Å². The predicted molar refractivity (Wildman–Crippen MR) is 84.4 cm³/mol. The van der Waals surface area contributed by atoms with Gasteiger partial charge in [0.25, 0.3) is 0 Å². The highest BCUT2D eigenvalue weighted by atomic mass is 79.9. The number of pyridine rings is 1. The topological polar surface area (TPSA) is 12.9 Å². The number of fused-ring (bicyclic) bond motifs is 1. The Morgan fingerprint density at radius 3 is 2.37 bits per heavy atom. The molecule has 0 aliphatic heterocycles. The van der Waals surface area contributed by atoms with Crippen molar-refractivity contribution in [2.75, 3.05) is 0 Å². The smallest absolute Gasteiger partial charge is 0.0720 e. The maximum atomic E-state index is 4.76. The van der Waals surface area contributed by atoms with E-state index in [1.54, 1.807) is 0 Å². The van der Waals surface area contributed by atoms with Crippen LogP contribution in [0.1, 0.15) is 11.1 Å². The van der Waals surface area contributed by atoms with E-state index in [9.17, 15) is 0 Å². The molecule has 1 aromatic heterocycles. The van der Waals surface area contributed by atoms with Crippen molar-refractivity contribution in [2.24, 2.45) is 0 Å². The van der Waals surface area contributed by atoms with Gasteiger partial charge < -0.3 is 0 Å². The molecule has 0 aliphatic rings. The molecule has 0 saturated heterocycles. The summed E-state index contributed by atoms with van der Waals surface area (Å²) >= 11 is 3.56. The summed E-state index contributed by atoms with van der Waals surface area (Å²) in [6.45, 7) is 4.24. The zero-order chi connectivity index (χ0) is 13.4. The van der Waals surface area contributed by atoms with Crippen molar-refractivity contribution < 1.29 is 0 Å². The number of hydrogen-bond donors (Lipinski definition) is 0. The van der Waals surface area contributed by atoms with Gasteiger partial charge in [-0.15, -0.1) is 0 Å². The highest BCUT2D eigenvalue weighted by molar-refractivity contribution is 9.10. The van der Waals surface area contributed by atoms with Gasteiger partial charge >= 0.3 is 0 Å². The van der Waals surface area contributed by atoms with E-state index in [1.807, 2.05) is 18.2 Å². The molecule has 0 amide bonds. The van der Waals surface area contributed by atoms with Crippen molar-refractivity contribution in [1.29, 1.82) is 0 Å². The summed E-state index contributed by atoms with van der Waals surface area (Å²) in [7, 11) is 0. The third kappa shape index (κ3) is 2.41. The van der Waals surface area contributed by atoms with Gasteiger partial charge in [-0.25, -0.2) is 4.98 Å². The Labute approximate surface area is 121 Å². The first-order chi connectivity index (χ1) is 9.13. The maximum absolute atomic E-state index is 4.76. The van der Waals surface area contributed by atoms with Crippen molar-refractivity contribution in [3.05, 3.63) is 64.1 Å². The lowest BCUT2D eigenvalue weighted by Crippen LogP contribution is -1.88. The molecule has 0 atom stereocenters. The van der Waals surface area contributed by atoms with Crippen molar-refractivity contribution in [3.63, 3.8) is 0 Å². The maximum Gasteiger partial charge on any atom is 0.0720 e. The van der Waals surface area contributed by atoms with Crippen LogP contribution in [0, 0.1) is 13.8 Å². The van der Waals surface area contributed by atoms with Crippen molar-refractivity contribution in [1.82, 2.24) is 4.98 Å². The van der Waals surface area contributed by atoms with Crippen LogP contribution in [0.2, 0.25) is 0 Å². The summed E-state index contributed by atoms with van der Waals surface area (Å²) in [5.41, 5.74) is 5.76. The van der Waals surface area contributed by atoms with E-state index in [2.05, 4.69) is 60.1 Å². The lowest BCUT2D eigenvalue weighted by molar-refractivity contribution is 1.34. The van der Waals surface area contributed by atoms with Crippen LogP contribution in [-0.4, -0.2) is 4.98 Å². The standard InChI is InChI=1S/C17H14BrN/c1-11-8-12(2)10-13(9-11)16-7-6-14-15(18)4-3-5-17(14)19-16/h3-10H,1-2H3. The minimum atomic E-state index is 1.02. The molecule has 2 aromatic carbocycles. The normalized spacial score (nSPS) is 10.9. The largest absolute Gasteiger partial charge is 0.248 e. The minimum Gasteiger partial charge on any atom is -0.248 e. The van der Waals surface area contributed by atoms with Crippen LogP contribution in [0.5, 0.6) is 0 Å². The van der Waals surface area contributed by atoms with Crippen LogP contribution in [0.15, 0.2) is 53.0 Å². The minimum absolute atomic E-state index is 1.02. The van der Waals surface area contributed by atoms with Crippen LogP contribution >= 0.6 is 15.9 Å². The first-order valence-electron chi connectivity index (χ1n) is 6.27. The van der Waals surface area contributed by atoms with E-state index >= 15 is 0 Å². The van der Waals surface area contributed by atoms with E-state index < -0.39 is 0 Å². The SMILES string of the molecule is Cc1cc(C)cc(-c2ccc3c(Br)cccc3n2)c1. The van der Waals surface area contributed by atoms with E-state index in [0.717, 1.165) is 21.1 Å². The number of aromatic nitrogens is 1. The molecule has 3 aromatic rings. The zero-order valence-corrected chi connectivity index (χ0v) is 12.5. The molecule has 0 bridgehead atoms. The van der Waals surface area contributed by atoms with Gasteiger partial charge in [0.2, 0.25) is 0 Å². The number of benzene rings is 2. The first kappa shape index (κ1) is 12.4. The number of aryl methyl sites for hydroxylation is 2. The fraction of sp³-hybridized carbons (Fsp3) is 0.118. The van der Waals surface area contributed by atoms with Gasteiger partial charge in [-0.2, -0.15) is 0 Å². The lowest BCUT2D eigenvalue weighted by Gasteiger charge is -2.07. The predicted octanol–water partition coefficient (Wildman–Crippen LogP) is 5.28. The van der Waals surface area contributed by atoms with E-state index in [4.69, 9.17) is 4.98 Å². The van der Waals surface area contributed by atoms with Gasteiger partial charge in [-0.1, -0.05) is 39.2 Å². The summed E-state index contributed by atoms with van der Waals surface area (Å²) in [5, 5.41) is 1.15. The van der Waals surface area contributed by atoms with Gasteiger partial charge in [0, 0.05) is 15.4 Å². The fourth-order valence-electron chi connectivity index (χ4n) is 2.40. The number of hydrogen-bond acceptors (Lipinski definition) is 1. The summed E-state index contributed by atoms with van der Waals surface area (Å²) in [5.74, 6) is 0. The molecule has 0 unspecified atom stereocenters. The molecular weight excluding hydrogens is 298 g/mol. The van der Waals surface area contributed by atoms with Crippen LogP contribution < -0.4 is 0 Å². The van der Waals surface area contributed by atoms with Crippen LogP contribution in [0.3, 0.4) is 0 Å². The Bertz CT molecular complexity index is 742. The highest BCUT2D eigenvalue weighted by Gasteiger charge is 2.04. The van der Waals surface area contributed by atoms with E-state index in [1.165, 1.54) is 16.7 Å². The Kier molecular flexibility index (Phi) is 3.11. The average Bonchev–Trinajstić information content (AvgIpc) is 2.37. The van der Waals surface area contributed by atoms with Gasteiger partial charge in [-0.3, -0.25) is 0 Å². The molecule has 0 aliphatic carbocycles. The Hall–Kier alpha value is -1.67. The van der Waals surface area contributed by atoms with E-state index in [0.29, 0.717) is 0 Å². The molecule has 0 spiro atoms. The lowest BCUT2D eigenvalue weighted by atomic mass is 10.0. The number of halogens is 1. The second-order valence-electron chi connectivity index (χ2n) is 4.88. The molecule has 19 heavy (non-hydrogen) atoms. The number of nitrogens with zero attached hydrogens (tertiary/aromatic N) is 1. The fourth-order valence-corrected chi connectivity index (χ4v) is 2.89. The zero-order valence-electron chi connectivity index (χ0n) is 10.9. The van der Waals surface area contributed by atoms with Gasteiger partial charge in [-0.05, 0) is 50.2 Å². The highest BCUT2D eigenvalue weighted by Crippen LogP contribution is 2.27. The average molecular weight is 312 g/mol. The Morgan fingerprint density at radius 1 is 0.895 bits per heavy atom. The molecule has 0 fully saturated rings. The third-order valence-corrected chi connectivity index (χ3v) is 3.89. The molecule has 0 saturated carbocycles. The second-order valence-corrected chi connectivity index (χ2v) is 5.73.